The number of esters is 1. The molecule has 1 N–H and O–H groups in total. The Labute approximate surface area is 194 Å². The van der Waals surface area contributed by atoms with Crippen molar-refractivity contribution in [1.29, 1.82) is 0 Å². The lowest BCUT2D eigenvalue weighted by Gasteiger charge is -2.06. The van der Waals surface area contributed by atoms with Crippen LogP contribution in [0.15, 0.2) is 101 Å². The SMILES string of the molecule is O=C(Oc1ccc(C=NNS(=O)(=O)c2ccc3ccccc3c2)cc1)c1cccc([N+](=O)[O-])c1. The molecule has 4 rings (SSSR count). The molecule has 10 heteroatoms. The monoisotopic (exact) mass is 475 g/mol. The number of carbonyl (C=O) groups is 1. The van der Waals surface area contributed by atoms with Crippen molar-refractivity contribution in [1.82, 2.24) is 4.83 Å². The summed E-state index contributed by atoms with van der Waals surface area (Å²) < 4.78 is 30.3. The molecule has 0 heterocycles. The van der Waals surface area contributed by atoms with Crippen LogP contribution >= 0.6 is 0 Å². The number of fused-ring (bicyclic) bond motifs is 1. The number of non-ortho nitro benzene ring substituents is 1. The van der Waals surface area contributed by atoms with Gasteiger partial charge in [0.25, 0.3) is 15.7 Å². The molecule has 0 fully saturated rings. The molecule has 0 radical (unpaired) electrons. The summed E-state index contributed by atoms with van der Waals surface area (Å²) in [5.74, 6) is -0.529. The van der Waals surface area contributed by atoms with Gasteiger partial charge < -0.3 is 4.74 Å². The first kappa shape index (κ1) is 22.6. The number of carbonyl (C=O) groups excluding carboxylic acids is 1. The van der Waals surface area contributed by atoms with E-state index in [1.54, 1.807) is 24.3 Å². The average molecular weight is 475 g/mol. The quantitative estimate of drug-likeness (QED) is 0.140. The topological polar surface area (TPSA) is 128 Å². The van der Waals surface area contributed by atoms with Crippen LogP contribution < -0.4 is 9.57 Å². The molecule has 4 aromatic carbocycles. The number of hydrazone groups is 1. The molecular formula is C24H17N3O6S. The molecule has 9 nitrogen and oxygen atoms in total. The van der Waals surface area contributed by atoms with E-state index >= 15 is 0 Å². The minimum absolute atomic E-state index is 0.0444. The highest BCUT2D eigenvalue weighted by Crippen LogP contribution is 2.19. The smallest absolute Gasteiger partial charge is 0.343 e. The highest BCUT2D eigenvalue weighted by atomic mass is 32.2. The fourth-order valence-corrected chi connectivity index (χ4v) is 3.92. The Morgan fingerprint density at radius 1 is 0.912 bits per heavy atom. The maximum Gasteiger partial charge on any atom is 0.343 e. The van der Waals surface area contributed by atoms with E-state index in [1.165, 1.54) is 42.6 Å². The predicted octanol–water partition coefficient (Wildman–Crippen LogP) is 4.28. The van der Waals surface area contributed by atoms with Crippen molar-refractivity contribution >= 4 is 38.7 Å². The van der Waals surface area contributed by atoms with Crippen LogP contribution in [0.5, 0.6) is 5.75 Å². The van der Waals surface area contributed by atoms with Gasteiger partial charge in [-0.25, -0.2) is 9.63 Å². The molecule has 4 aromatic rings. The number of nitrogens with one attached hydrogen (secondary N) is 1. The first-order chi connectivity index (χ1) is 16.3. The van der Waals surface area contributed by atoms with Gasteiger partial charge in [-0.3, -0.25) is 10.1 Å². The molecule has 0 aliphatic rings. The molecule has 0 aliphatic heterocycles. The van der Waals surface area contributed by atoms with Crippen LogP contribution in [-0.2, 0) is 10.0 Å². The Kier molecular flexibility index (Phi) is 6.33. The van der Waals surface area contributed by atoms with Crippen LogP contribution in [-0.4, -0.2) is 25.5 Å². The van der Waals surface area contributed by atoms with E-state index in [-0.39, 0.29) is 21.9 Å². The van der Waals surface area contributed by atoms with E-state index in [4.69, 9.17) is 4.74 Å². The van der Waals surface area contributed by atoms with Crippen molar-refractivity contribution < 1.29 is 22.9 Å². The lowest BCUT2D eigenvalue weighted by Crippen LogP contribution is -2.18. The summed E-state index contributed by atoms with van der Waals surface area (Å²) in [6.45, 7) is 0. The maximum atomic E-state index is 12.5. The van der Waals surface area contributed by atoms with E-state index in [0.717, 1.165) is 16.8 Å². The second kappa shape index (κ2) is 9.51. The van der Waals surface area contributed by atoms with Gasteiger partial charge in [0.15, 0.2) is 0 Å². The van der Waals surface area contributed by atoms with Crippen molar-refractivity contribution in [2.45, 2.75) is 4.90 Å². The molecule has 0 amide bonds. The molecule has 34 heavy (non-hydrogen) atoms. The van der Waals surface area contributed by atoms with E-state index in [1.807, 2.05) is 24.3 Å². The van der Waals surface area contributed by atoms with Crippen LogP contribution in [0.25, 0.3) is 10.8 Å². The van der Waals surface area contributed by atoms with Crippen LogP contribution in [0.3, 0.4) is 0 Å². The minimum atomic E-state index is -3.85. The number of nitrogens with zero attached hydrogens (tertiary/aromatic N) is 2. The van der Waals surface area contributed by atoms with Crippen molar-refractivity contribution in [2.24, 2.45) is 5.10 Å². The number of benzene rings is 4. The molecule has 0 aromatic heterocycles. The summed E-state index contributed by atoms with van der Waals surface area (Å²) >= 11 is 0. The number of hydrogen-bond donors (Lipinski definition) is 1. The van der Waals surface area contributed by atoms with E-state index in [2.05, 4.69) is 9.93 Å². The van der Waals surface area contributed by atoms with Crippen LogP contribution in [0.1, 0.15) is 15.9 Å². The van der Waals surface area contributed by atoms with Crippen molar-refractivity contribution in [3.63, 3.8) is 0 Å². The van der Waals surface area contributed by atoms with Gasteiger partial charge in [-0.2, -0.15) is 13.5 Å². The molecule has 0 unspecified atom stereocenters. The highest BCUT2D eigenvalue weighted by Gasteiger charge is 2.14. The summed E-state index contributed by atoms with van der Waals surface area (Å²) in [5, 5.41) is 16.4. The van der Waals surface area contributed by atoms with Crippen molar-refractivity contribution in [2.75, 3.05) is 0 Å². The molecule has 0 saturated heterocycles. The molecule has 0 atom stereocenters. The fourth-order valence-electron chi connectivity index (χ4n) is 3.09. The van der Waals surface area contributed by atoms with E-state index in [0.29, 0.717) is 5.56 Å². The zero-order valence-corrected chi connectivity index (χ0v) is 18.3. The number of rotatable bonds is 7. The van der Waals surface area contributed by atoms with Gasteiger partial charge in [-0.15, -0.1) is 0 Å². The zero-order chi connectivity index (χ0) is 24.1. The van der Waals surface area contributed by atoms with Crippen LogP contribution in [0.2, 0.25) is 0 Å². The zero-order valence-electron chi connectivity index (χ0n) is 17.5. The second-order valence-electron chi connectivity index (χ2n) is 7.13. The Bertz CT molecular complexity index is 1520. The molecule has 0 spiro atoms. The molecular weight excluding hydrogens is 458 g/mol. The van der Waals surface area contributed by atoms with Crippen LogP contribution in [0.4, 0.5) is 5.69 Å². The number of nitro groups is 1. The first-order valence-corrected chi connectivity index (χ1v) is 11.4. The molecule has 170 valence electrons. The summed E-state index contributed by atoms with van der Waals surface area (Å²) in [4.78, 5) is 24.7. The normalized spacial score (nSPS) is 11.4. The third-order valence-corrected chi connectivity index (χ3v) is 6.02. The van der Waals surface area contributed by atoms with Gasteiger partial charge >= 0.3 is 5.97 Å². The van der Waals surface area contributed by atoms with Gasteiger partial charge in [0, 0.05) is 12.1 Å². The van der Waals surface area contributed by atoms with Gasteiger partial charge in [0.1, 0.15) is 5.75 Å². The van der Waals surface area contributed by atoms with Crippen LogP contribution in [0, 0.1) is 10.1 Å². The van der Waals surface area contributed by atoms with Crippen molar-refractivity contribution in [3.8, 4) is 5.75 Å². The van der Waals surface area contributed by atoms with E-state index < -0.39 is 20.9 Å². The first-order valence-electron chi connectivity index (χ1n) is 9.92. The molecule has 0 saturated carbocycles. The molecule has 0 bridgehead atoms. The fraction of sp³-hybridized carbons (Fsp3) is 0. The Morgan fingerprint density at radius 3 is 2.38 bits per heavy atom. The third kappa shape index (κ3) is 5.25. The minimum Gasteiger partial charge on any atom is -0.423 e. The molecule has 0 aliphatic carbocycles. The van der Waals surface area contributed by atoms with E-state index in [9.17, 15) is 23.3 Å². The van der Waals surface area contributed by atoms with Gasteiger partial charge in [-0.05, 0) is 58.8 Å². The summed E-state index contributed by atoms with van der Waals surface area (Å²) in [6, 6.07) is 23.6. The number of sulfonamides is 1. The summed E-state index contributed by atoms with van der Waals surface area (Å²) in [6.07, 6.45) is 1.31. The Morgan fingerprint density at radius 2 is 1.65 bits per heavy atom. The van der Waals surface area contributed by atoms with Crippen molar-refractivity contribution in [3.05, 3.63) is 112 Å². The number of ether oxygens (including phenoxy) is 1. The number of hydrogen-bond acceptors (Lipinski definition) is 7. The Hall–Kier alpha value is -4.57. The van der Waals surface area contributed by atoms with Gasteiger partial charge in [0.05, 0.1) is 21.6 Å². The lowest BCUT2D eigenvalue weighted by molar-refractivity contribution is -0.384. The number of nitro benzene ring substituents is 1. The third-order valence-electron chi connectivity index (χ3n) is 4.80. The van der Waals surface area contributed by atoms with Gasteiger partial charge in [0.2, 0.25) is 0 Å². The van der Waals surface area contributed by atoms with Gasteiger partial charge in [-0.1, -0.05) is 36.4 Å². The summed E-state index contributed by atoms with van der Waals surface area (Å²) in [7, 11) is -3.85. The second-order valence-corrected chi connectivity index (χ2v) is 8.79. The predicted molar refractivity (Wildman–Crippen MR) is 126 cm³/mol. The maximum absolute atomic E-state index is 12.5. The Balaban J connectivity index is 1.40. The lowest BCUT2D eigenvalue weighted by atomic mass is 10.1. The highest BCUT2D eigenvalue weighted by molar-refractivity contribution is 7.89. The largest absolute Gasteiger partial charge is 0.423 e. The summed E-state index contributed by atoms with van der Waals surface area (Å²) in [5.41, 5.74) is 0.381. The standard InChI is InChI=1S/C24H17N3O6S/c28-24(20-6-3-7-21(14-20)27(29)30)33-22-11-8-17(9-12-22)16-25-26-34(31,32)23-13-10-18-4-1-2-5-19(18)15-23/h1-16,26H. The average Bonchev–Trinajstić information content (AvgIpc) is 2.84.